The molecule has 1 fully saturated rings. The molecule has 57 heavy (non-hydrogen) atoms. The number of allylic oxidation sites excluding steroid dienone is 6. The maximum atomic E-state index is 12.8. The molecule has 0 bridgehead atoms. The molecule has 0 amide bonds. The normalized spacial score (nSPS) is 23.0. The molecule has 1 aliphatic carbocycles. The Morgan fingerprint density at radius 2 is 1.00 bits per heavy atom. The van der Waals surface area contributed by atoms with Crippen LogP contribution in [0.5, 0.6) is 0 Å². The van der Waals surface area contributed by atoms with E-state index in [1.54, 1.807) is 0 Å². The zero-order valence-electron chi connectivity index (χ0n) is 34.9. The van der Waals surface area contributed by atoms with Gasteiger partial charge >= 0.3 is 19.8 Å². The van der Waals surface area contributed by atoms with Crippen LogP contribution in [0.2, 0.25) is 0 Å². The number of phosphoric acid groups is 1. The van der Waals surface area contributed by atoms with Crippen LogP contribution in [-0.4, -0.2) is 98.3 Å². The number of carbonyl (C=O) groups excluding carboxylic acids is 2. The quantitative estimate of drug-likeness (QED) is 0.0156. The van der Waals surface area contributed by atoms with E-state index >= 15 is 0 Å². The summed E-state index contributed by atoms with van der Waals surface area (Å²) in [6.45, 7) is 3.16. The highest BCUT2D eigenvalue weighted by molar-refractivity contribution is 7.47. The average Bonchev–Trinajstić information content (AvgIpc) is 3.19. The average molecular weight is 833 g/mol. The molecular weight excluding hydrogens is 755 g/mol. The summed E-state index contributed by atoms with van der Waals surface area (Å²) in [7, 11) is -5.12. The van der Waals surface area contributed by atoms with E-state index in [-0.39, 0.29) is 12.8 Å². The van der Waals surface area contributed by atoms with Crippen molar-refractivity contribution >= 4 is 19.8 Å². The third-order valence-corrected chi connectivity index (χ3v) is 11.0. The number of phosphoric ester groups is 1. The van der Waals surface area contributed by atoms with Gasteiger partial charge in [-0.25, -0.2) is 4.57 Å². The summed E-state index contributed by atoms with van der Waals surface area (Å²) in [6.07, 6.45) is 23.5. The molecule has 0 aromatic rings. The first kappa shape index (κ1) is 53.1. The fourth-order valence-electron chi connectivity index (χ4n) is 6.48. The summed E-state index contributed by atoms with van der Waals surface area (Å²) in [5, 5.41) is 50.0. The Morgan fingerprint density at radius 1 is 0.561 bits per heavy atom. The van der Waals surface area contributed by atoms with Crippen LogP contribution in [0.15, 0.2) is 36.5 Å². The number of hydrogen-bond donors (Lipinski definition) is 6. The summed E-state index contributed by atoms with van der Waals surface area (Å²) in [5.74, 6) is -1.12. The SMILES string of the molecule is CC/C=C\C/C=C\C/C=C\CCCCCCCC(=O)O[C@H](COC(=O)CCCCCCCCCCCCCCC)COP(=O)(O)OC1[C@H](O)[C@H](O)C(O)[C@H](O)[C@H]1O. The van der Waals surface area contributed by atoms with E-state index in [9.17, 15) is 44.6 Å². The molecule has 0 aromatic carbocycles. The second-order valence-electron chi connectivity index (χ2n) is 15.2. The lowest BCUT2D eigenvalue weighted by Crippen LogP contribution is -2.64. The van der Waals surface area contributed by atoms with Gasteiger partial charge in [-0.2, -0.15) is 0 Å². The molecule has 13 nitrogen and oxygen atoms in total. The smallest absolute Gasteiger partial charge is 0.462 e. The van der Waals surface area contributed by atoms with Crippen molar-refractivity contribution < 1.29 is 63.1 Å². The maximum Gasteiger partial charge on any atom is 0.472 e. The van der Waals surface area contributed by atoms with Crippen LogP contribution in [0.4, 0.5) is 0 Å². The van der Waals surface area contributed by atoms with Gasteiger partial charge in [0.2, 0.25) is 0 Å². The Bertz CT molecular complexity index is 1150. The number of aliphatic hydroxyl groups excluding tert-OH is 5. The van der Waals surface area contributed by atoms with E-state index in [0.717, 1.165) is 70.6 Å². The third-order valence-electron chi connectivity index (χ3n) is 10.00. The summed E-state index contributed by atoms with van der Waals surface area (Å²) >= 11 is 0. The summed E-state index contributed by atoms with van der Waals surface area (Å²) < 4.78 is 33.4. The maximum absolute atomic E-state index is 12.8. The molecule has 0 aliphatic heterocycles. The standard InChI is InChI=1S/C43H77O13P/c1-3-5-7-9-11-13-15-17-18-20-22-24-26-28-30-32-37(45)55-35(34-54-57(51,52)56-43-41(49)39(47)38(46)40(48)42(43)50)33-53-36(44)31-29-27-25-23-21-19-16-14-12-10-8-6-4-2/h5,7,11,13,17-18,35,38-43,46-50H,3-4,6,8-10,12,14-16,19-34H2,1-2H3,(H,51,52)/b7-5-,13-11-,18-17-/t35-,38?,39-,40+,41-,42-,43?/m1/s1. The second-order valence-corrected chi connectivity index (χ2v) is 16.6. The van der Waals surface area contributed by atoms with Crippen molar-refractivity contribution in [3.63, 3.8) is 0 Å². The molecule has 14 heteroatoms. The van der Waals surface area contributed by atoms with Gasteiger partial charge in [0.15, 0.2) is 6.10 Å². The monoisotopic (exact) mass is 833 g/mol. The summed E-state index contributed by atoms with van der Waals surface area (Å²) in [6, 6.07) is 0. The van der Waals surface area contributed by atoms with Crippen LogP contribution in [0.3, 0.4) is 0 Å². The Kier molecular flexibility index (Phi) is 31.5. The van der Waals surface area contributed by atoms with E-state index in [2.05, 4.69) is 50.3 Å². The largest absolute Gasteiger partial charge is 0.472 e. The molecule has 0 aromatic heterocycles. The van der Waals surface area contributed by atoms with E-state index in [1.807, 2.05) is 0 Å². The van der Waals surface area contributed by atoms with E-state index in [0.29, 0.717) is 12.8 Å². The highest BCUT2D eigenvalue weighted by Gasteiger charge is 2.51. The minimum absolute atomic E-state index is 0.0783. The van der Waals surface area contributed by atoms with Crippen molar-refractivity contribution in [3.8, 4) is 0 Å². The molecule has 0 saturated heterocycles. The molecule has 0 heterocycles. The van der Waals surface area contributed by atoms with Gasteiger partial charge in [-0.3, -0.25) is 18.6 Å². The van der Waals surface area contributed by atoms with Crippen molar-refractivity contribution in [1.29, 1.82) is 0 Å². The first-order chi connectivity index (χ1) is 27.4. The van der Waals surface area contributed by atoms with Crippen LogP contribution in [0, 0.1) is 0 Å². The number of hydrogen-bond acceptors (Lipinski definition) is 12. The number of aliphatic hydroxyl groups is 5. The van der Waals surface area contributed by atoms with Crippen LogP contribution < -0.4 is 0 Å². The van der Waals surface area contributed by atoms with Gasteiger partial charge in [0.1, 0.15) is 43.2 Å². The summed E-state index contributed by atoms with van der Waals surface area (Å²) in [4.78, 5) is 35.6. The minimum atomic E-state index is -5.12. The van der Waals surface area contributed by atoms with Gasteiger partial charge < -0.3 is 39.9 Å². The van der Waals surface area contributed by atoms with Gasteiger partial charge in [0, 0.05) is 12.8 Å². The number of rotatable bonds is 35. The lowest BCUT2D eigenvalue weighted by atomic mass is 9.85. The molecule has 332 valence electrons. The first-order valence-electron chi connectivity index (χ1n) is 21.8. The fraction of sp³-hybridized carbons (Fsp3) is 0.814. The lowest BCUT2D eigenvalue weighted by Gasteiger charge is -2.41. The zero-order valence-corrected chi connectivity index (χ0v) is 35.8. The molecule has 8 atom stereocenters. The fourth-order valence-corrected chi connectivity index (χ4v) is 7.45. The highest BCUT2D eigenvalue weighted by Crippen LogP contribution is 2.47. The van der Waals surface area contributed by atoms with Gasteiger partial charge in [-0.1, -0.05) is 147 Å². The van der Waals surface area contributed by atoms with Gasteiger partial charge in [-0.05, 0) is 44.9 Å². The number of unbranched alkanes of at least 4 members (excludes halogenated alkanes) is 17. The van der Waals surface area contributed by atoms with Crippen LogP contribution in [0.1, 0.15) is 168 Å². The van der Waals surface area contributed by atoms with Crippen molar-refractivity contribution in [2.24, 2.45) is 0 Å². The third kappa shape index (κ3) is 26.7. The molecule has 3 unspecified atom stereocenters. The van der Waals surface area contributed by atoms with Crippen molar-refractivity contribution in [1.82, 2.24) is 0 Å². The number of carbonyl (C=O) groups is 2. The van der Waals surface area contributed by atoms with Crippen LogP contribution >= 0.6 is 7.82 Å². The van der Waals surface area contributed by atoms with Gasteiger partial charge in [0.25, 0.3) is 0 Å². The lowest BCUT2D eigenvalue weighted by molar-refractivity contribution is -0.220. The summed E-state index contributed by atoms with van der Waals surface area (Å²) in [5.41, 5.74) is 0. The predicted octanol–water partition coefficient (Wildman–Crippen LogP) is 7.83. The van der Waals surface area contributed by atoms with Gasteiger partial charge in [0.05, 0.1) is 6.61 Å². The van der Waals surface area contributed by atoms with Crippen molar-refractivity contribution in [2.75, 3.05) is 13.2 Å². The molecule has 0 radical (unpaired) electrons. The number of ether oxygens (including phenoxy) is 2. The van der Waals surface area contributed by atoms with Crippen molar-refractivity contribution in [3.05, 3.63) is 36.5 Å². The molecule has 1 saturated carbocycles. The molecular formula is C43H77O13P. The number of esters is 2. The van der Waals surface area contributed by atoms with Crippen molar-refractivity contribution in [2.45, 2.75) is 211 Å². The Balaban J connectivity index is 2.50. The molecule has 6 N–H and O–H groups in total. The van der Waals surface area contributed by atoms with Gasteiger partial charge in [-0.15, -0.1) is 0 Å². The highest BCUT2D eigenvalue weighted by atomic mass is 31.2. The topological polar surface area (TPSA) is 210 Å². The molecule has 0 spiro atoms. The van der Waals surface area contributed by atoms with Crippen LogP contribution in [0.25, 0.3) is 0 Å². The van der Waals surface area contributed by atoms with Crippen LogP contribution in [-0.2, 0) is 32.7 Å². The predicted molar refractivity (Wildman–Crippen MR) is 221 cm³/mol. The zero-order chi connectivity index (χ0) is 42.2. The first-order valence-corrected chi connectivity index (χ1v) is 23.3. The van der Waals surface area contributed by atoms with E-state index < -0.39 is 75.7 Å². The van der Waals surface area contributed by atoms with E-state index in [1.165, 1.54) is 57.8 Å². The Morgan fingerprint density at radius 3 is 1.53 bits per heavy atom. The Labute approximate surface area is 342 Å². The molecule has 1 rings (SSSR count). The molecule has 1 aliphatic rings. The minimum Gasteiger partial charge on any atom is -0.462 e. The second kappa shape index (κ2) is 33.9. The van der Waals surface area contributed by atoms with E-state index in [4.69, 9.17) is 18.5 Å². The Hall–Kier alpha value is -1.93.